The molecule has 1 aliphatic heterocycles. The molecule has 0 aliphatic carbocycles. The number of carbonyl (C=O) groups excluding carboxylic acids is 1. The highest BCUT2D eigenvalue weighted by atomic mass is 19.1. The van der Waals surface area contributed by atoms with Gasteiger partial charge in [-0.25, -0.2) is 14.6 Å². The first-order chi connectivity index (χ1) is 11.2. The van der Waals surface area contributed by atoms with E-state index in [0.29, 0.717) is 31.6 Å². The molecule has 1 amide bonds. The van der Waals surface area contributed by atoms with Crippen LogP contribution in [0.3, 0.4) is 0 Å². The fraction of sp³-hybridized carbons (Fsp3) is 0.500. The number of aryl methyl sites for hydroxylation is 1. The van der Waals surface area contributed by atoms with E-state index in [4.69, 9.17) is 4.74 Å². The highest BCUT2D eigenvalue weighted by molar-refractivity contribution is 5.76. The Morgan fingerprint density at radius 3 is 3.04 bits per heavy atom. The van der Waals surface area contributed by atoms with E-state index in [-0.39, 0.29) is 24.4 Å². The lowest BCUT2D eigenvalue weighted by molar-refractivity contribution is -0.131. The number of aromatic nitrogens is 5. The molecule has 3 heterocycles. The van der Waals surface area contributed by atoms with Crippen molar-refractivity contribution in [3.63, 3.8) is 0 Å². The van der Waals surface area contributed by atoms with Crippen molar-refractivity contribution in [3.8, 4) is 5.88 Å². The van der Waals surface area contributed by atoms with Gasteiger partial charge in [-0.3, -0.25) is 4.79 Å². The molecule has 0 radical (unpaired) electrons. The van der Waals surface area contributed by atoms with E-state index in [1.807, 2.05) is 6.92 Å². The van der Waals surface area contributed by atoms with Gasteiger partial charge in [-0.2, -0.15) is 14.5 Å². The minimum Gasteiger partial charge on any atom is -0.470 e. The maximum Gasteiger partial charge on any atom is 0.254 e. The first-order valence-electron chi connectivity index (χ1n) is 7.43. The summed E-state index contributed by atoms with van der Waals surface area (Å²) in [5.74, 6) is -0.645. The van der Waals surface area contributed by atoms with Crippen LogP contribution in [0.25, 0.3) is 0 Å². The molecule has 1 atom stereocenters. The molecule has 1 saturated heterocycles. The van der Waals surface area contributed by atoms with Crippen LogP contribution in [0.2, 0.25) is 0 Å². The zero-order chi connectivity index (χ0) is 16.2. The van der Waals surface area contributed by atoms with Gasteiger partial charge in [-0.1, -0.05) is 6.92 Å². The van der Waals surface area contributed by atoms with E-state index < -0.39 is 5.82 Å². The van der Waals surface area contributed by atoms with Gasteiger partial charge in [0.1, 0.15) is 31.6 Å². The second kappa shape index (κ2) is 6.67. The number of likely N-dealkylation sites (tertiary alicyclic amines) is 1. The number of nitrogens with zero attached hydrogens (tertiary/aromatic N) is 6. The van der Waals surface area contributed by atoms with Crippen LogP contribution >= 0.6 is 0 Å². The number of carbonyl (C=O) groups is 1. The number of hydrogen-bond acceptors (Lipinski definition) is 6. The second-order valence-corrected chi connectivity index (χ2v) is 5.25. The van der Waals surface area contributed by atoms with Crippen LogP contribution in [0.5, 0.6) is 5.88 Å². The molecule has 0 aromatic carbocycles. The summed E-state index contributed by atoms with van der Waals surface area (Å²) >= 11 is 0. The number of hydrogen-bond donors (Lipinski definition) is 0. The Hall–Kier alpha value is -2.58. The second-order valence-electron chi connectivity index (χ2n) is 5.25. The molecule has 8 nitrogen and oxygen atoms in total. The molecule has 23 heavy (non-hydrogen) atoms. The van der Waals surface area contributed by atoms with Crippen LogP contribution in [0.15, 0.2) is 19.0 Å². The van der Waals surface area contributed by atoms with E-state index in [9.17, 15) is 9.18 Å². The number of rotatable bonds is 5. The van der Waals surface area contributed by atoms with Crippen LogP contribution in [-0.2, 0) is 17.8 Å². The van der Waals surface area contributed by atoms with Crippen molar-refractivity contribution in [2.45, 2.75) is 32.4 Å². The maximum absolute atomic E-state index is 14.1. The summed E-state index contributed by atoms with van der Waals surface area (Å²) in [6.07, 6.45) is 4.99. The van der Waals surface area contributed by atoms with Gasteiger partial charge in [-0.05, 0) is 6.42 Å². The molecule has 1 fully saturated rings. The Labute approximate surface area is 132 Å². The lowest BCUT2D eigenvalue weighted by atomic mass is 10.3. The Bertz CT molecular complexity index is 678. The van der Waals surface area contributed by atoms with Crippen molar-refractivity contribution in [1.29, 1.82) is 0 Å². The lowest BCUT2D eigenvalue weighted by Gasteiger charge is -2.17. The Kier molecular flexibility index (Phi) is 4.45. The SMILES string of the molecule is CCc1ncnc(OC2CCN(C(=O)Cn3cncn3)C2)c1F. The van der Waals surface area contributed by atoms with Gasteiger partial charge >= 0.3 is 0 Å². The van der Waals surface area contributed by atoms with Crippen LogP contribution in [0.1, 0.15) is 19.0 Å². The third-order valence-corrected chi connectivity index (χ3v) is 3.70. The molecule has 1 aliphatic rings. The van der Waals surface area contributed by atoms with Gasteiger partial charge in [0, 0.05) is 13.0 Å². The number of amides is 1. The Morgan fingerprint density at radius 2 is 2.30 bits per heavy atom. The molecule has 122 valence electrons. The minimum atomic E-state index is -0.526. The van der Waals surface area contributed by atoms with Gasteiger partial charge in [0.25, 0.3) is 5.88 Å². The molecule has 2 aromatic heterocycles. The average molecular weight is 320 g/mol. The van der Waals surface area contributed by atoms with E-state index in [1.165, 1.54) is 23.7 Å². The normalized spacial score (nSPS) is 17.5. The molecule has 0 spiro atoms. The maximum atomic E-state index is 14.1. The van der Waals surface area contributed by atoms with Crippen LogP contribution in [-0.4, -0.2) is 54.7 Å². The van der Waals surface area contributed by atoms with Gasteiger partial charge in [0.15, 0.2) is 0 Å². The van der Waals surface area contributed by atoms with Crippen LogP contribution < -0.4 is 4.74 Å². The summed E-state index contributed by atoms with van der Waals surface area (Å²) in [4.78, 5) is 25.3. The van der Waals surface area contributed by atoms with Crippen molar-refractivity contribution in [2.24, 2.45) is 0 Å². The summed E-state index contributed by atoms with van der Waals surface area (Å²) in [5, 5.41) is 3.91. The van der Waals surface area contributed by atoms with E-state index in [2.05, 4.69) is 20.1 Å². The van der Waals surface area contributed by atoms with E-state index >= 15 is 0 Å². The predicted octanol–water partition coefficient (Wildman–Crippen LogP) is 0.449. The quantitative estimate of drug-likeness (QED) is 0.795. The fourth-order valence-corrected chi connectivity index (χ4v) is 2.48. The first-order valence-corrected chi connectivity index (χ1v) is 7.43. The van der Waals surface area contributed by atoms with E-state index in [0.717, 1.165) is 0 Å². The van der Waals surface area contributed by atoms with E-state index in [1.54, 1.807) is 4.90 Å². The average Bonchev–Trinajstić information content (AvgIpc) is 3.21. The fourth-order valence-electron chi connectivity index (χ4n) is 2.48. The number of ether oxygens (including phenoxy) is 1. The van der Waals surface area contributed by atoms with Gasteiger partial charge < -0.3 is 9.64 Å². The number of halogens is 1. The molecule has 0 bridgehead atoms. The zero-order valence-electron chi connectivity index (χ0n) is 12.7. The summed E-state index contributed by atoms with van der Waals surface area (Å²) < 4.78 is 21.2. The van der Waals surface area contributed by atoms with Crippen molar-refractivity contribution in [3.05, 3.63) is 30.5 Å². The highest BCUT2D eigenvalue weighted by Crippen LogP contribution is 2.21. The molecule has 0 N–H and O–H groups in total. The monoisotopic (exact) mass is 320 g/mol. The molecular weight excluding hydrogens is 303 g/mol. The molecular formula is C14H17FN6O2. The lowest BCUT2D eigenvalue weighted by Crippen LogP contribution is -2.33. The zero-order valence-corrected chi connectivity index (χ0v) is 12.7. The van der Waals surface area contributed by atoms with Gasteiger partial charge in [-0.15, -0.1) is 0 Å². The van der Waals surface area contributed by atoms with Crippen LogP contribution in [0, 0.1) is 5.82 Å². The topological polar surface area (TPSA) is 86.0 Å². The molecule has 0 saturated carbocycles. The molecule has 2 aromatic rings. The minimum absolute atomic E-state index is 0.0487. The third kappa shape index (κ3) is 3.43. The van der Waals surface area contributed by atoms with Crippen molar-refractivity contribution < 1.29 is 13.9 Å². The Balaban J connectivity index is 1.59. The summed E-state index contributed by atoms with van der Waals surface area (Å²) in [6, 6.07) is 0. The summed E-state index contributed by atoms with van der Waals surface area (Å²) in [5.41, 5.74) is 0.326. The first kappa shape index (κ1) is 15.3. The summed E-state index contributed by atoms with van der Waals surface area (Å²) in [6.45, 7) is 2.91. The smallest absolute Gasteiger partial charge is 0.254 e. The molecule has 1 unspecified atom stereocenters. The van der Waals surface area contributed by atoms with Crippen molar-refractivity contribution in [1.82, 2.24) is 29.6 Å². The molecule has 9 heteroatoms. The van der Waals surface area contributed by atoms with Gasteiger partial charge in [0.05, 0.1) is 12.2 Å². The van der Waals surface area contributed by atoms with Crippen molar-refractivity contribution in [2.75, 3.05) is 13.1 Å². The molecule has 3 rings (SSSR count). The standard InChI is InChI=1S/C14H17FN6O2/c1-2-11-13(15)14(18-8-17-11)23-10-3-4-20(5-10)12(22)6-21-9-16-7-19-21/h7-10H,2-6H2,1H3. The van der Waals surface area contributed by atoms with Crippen LogP contribution in [0.4, 0.5) is 4.39 Å². The third-order valence-electron chi connectivity index (χ3n) is 3.70. The largest absolute Gasteiger partial charge is 0.470 e. The summed E-state index contributed by atoms with van der Waals surface area (Å²) in [7, 11) is 0. The Morgan fingerprint density at radius 1 is 1.43 bits per heavy atom. The highest BCUT2D eigenvalue weighted by Gasteiger charge is 2.29. The van der Waals surface area contributed by atoms with Gasteiger partial charge in [0.2, 0.25) is 11.7 Å². The van der Waals surface area contributed by atoms with Crippen molar-refractivity contribution >= 4 is 5.91 Å². The predicted molar refractivity (Wildman–Crippen MR) is 77.0 cm³/mol.